The summed E-state index contributed by atoms with van der Waals surface area (Å²) >= 11 is 0. The average molecular weight is 381 g/mol. The molecule has 2 heterocycles. The molecule has 4 rings (SSSR count). The number of carbonyl (C=O) groups excluding carboxylic acids is 1. The molecule has 1 amide bonds. The Morgan fingerprint density at radius 3 is 2.54 bits per heavy atom. The maximum Gasteiger partial charge on any atom is 0.222 e. The summed E-state index contributed by atoms with van der Waals surface area (Å²) < 4.78 is 0. The van der Waals surface area contributed by atoms with Gasteiger partial charge >= 0.3 is 0 Å². The number of carbonyl (C=O) groups is 1. The molecule has 2 fully saturated rings. The summed E-state index contributed by atoms with van der Waals surface area (Å²) in [6, 6.07) is 8.92. The summed E-state index contributed by atoms with van der Waals surface area (Å²) in [4.78, 5) is 16.7. The third-order valence-corrected chi connectivity index (χ3v) is 5.89. The van der Waals surface area contributed by atoms with Gasteiger partial charge in [0.15, 0.2) is 5.82 Å². The number of nitrogen functional groups attached to an aromatic ring is 1. The van der Waals surface area contributed by atoms with Crippen molar-refractivity contribution in [2.24, 2.45) is 5.92 Å². The highest BCUT2D eigenvalue weighted by Crippen LogP contribution is 2.32. The Morgan fingerprint density at radius 2 is 1.82 bits per heavy atom. The lowest BCUT2D eigenvalue weighted by Gasteiger charge is -2.36. The van der Waals surface area contributed by atoms with Crippen LogP contribution in [0.5, 0.6) is 5.75 Å². The summed E-state index contributed by atoms with van der Waals surface area (Å²) in [5.41, 5.74) is 8.10. The van der Waals surface area contributed by atoms with Crippen molar-refractivity contribution in [3.63, 3.8) is 0 Å². The number of para-hydroxylation sites is 1. The number of anilines is 2. The van der Waals surface area contributed by atoms with Gasteiger partial charge in [-0.2, -0.15) is 0 Å². The van der Waals surface area contributed by atoms with Crippen LogP contribution in [0.2, 0.25) is 0 Å². The SMILES string of the molecule is Nc1nnc(-c2ccccc2O)cc1N1CCN(C(=O)CC2CCCC2)CC1. The summed E-state index contributed by atoms with van der Waals surface area (Å²) in [5.74, 6) is 1.38. The lowest BCUT2D eigenvalue weighted by atomic mass is 10.0. The van der Waals surface area contributed by atoms with E-state index in [0.29, 0.717) is 55.6 Å². The number of nitrogens with zero attached hydrogens (tertiary/aromatic N) is 4. The number of aromatic hydroxyl groups is 1. The molecule has 0 radical (unpaired) electrons. The van der Waals surface area contributed by atoms with Gasteiger partial charge in [0.2, 0.25) is 5.91 Å². The van der Waals surface area contributed by atoms with E-state index in [4.69, 9.17) is 5.73 Å². The Kier molecular flexibility index (Phi) is 5.32. The van der Waals surface area contributed by atoms with Crippen LogP contribution in [0.25, 0.3) is 11.3 Å². The number of phenols is 1. The molecule has 1 saturated carbocycles. The quantitative estimate of drug-likeness (QED) is 0.845. The van der Waals surface area contributed by atoms with Gasteiger partial charge in [-0.25, -0.2) is 0 Å². The van der Waals surface area contributed by atoms with Crippen molar-refractivity contribution < 1.29 is 9.90 Å². The van der Waals surface area contributed by atoms with Crippen molar-refractivity contribution >= 4 is 17.4 Å². The van der Waals surface area contributed by atoms with E-state index in [1.165, 1.54) is 25.7 Å². The van der Waals surface area contributed by atoms with Crippen molar-refractivity contribution in [1.29, 1.82) is 0 Å². The third kappa shape index (κ3) is 3.88. The number of aromatic nitrogens is 2. The fourth-order valence-corrected chi connectivity index (χ4v) is 4.25. The molecule has 1 aliphatic carbocycles. The fraction of sp³-hybridized carbons (Fsp3) is 0.476. The number of amides is 1. The molecule has 7 heteroatoms. The Morgan fingerprint density at radius 1 is 1.11 bits per heavy atom. The Balaban J connectivity index is 1.43. The summed E-state index contributed by atoms with van der Waals surface area (Å²) in [7, 11) is 0. The Labute approximate surface area is 165 Å². The molecular formula is C21H27N5O2. The molecule has 2 aromatic rings. The number of benzene rings is 1. The molecule has 1 aromatic heterocycles. The maximum atomic E-state index is 12.6. The van der Waals surface area contributed by atoms with Gasteiger partial charge < -0.3 is 20.6 Å². The van der Waals surface area contributed by atoms with Crippen LogP contribution in [0.4, 0.5) is 11.5 Å². The molecule has 28 heavy (non-hydrogen) atoms. The summed E-state index contributed by atoms with van der Waals surface area (Å²) in [6.45, 7) is 2.82. The highest BCUT2D eigenvalue weighted by atomic mass is 16.3. The van der Waals surface area contributed by atoms with Crippen molar-refractivity contribution in [2.45, 2.75) is 32.1 Å². The van der Waals surface area contributed by atoms with Gasteiger partial charge in [0, 0.05) is 38.2 Å². The molecule has 0 atom stereocenters. The highest BCUT2D eigenvalue weighted by molar-refractivity contribution is 5.77. The second kappa shape index (κ2) is 8.04. The minimum Gasteiger partial charge on any atom is -0.507 e. The molecule has 1 saturated heterocycles. The first-order chi connectivity index (χ1) is 13.6. The molecule has 7 nitrogen and oxygen atoms in total. The minimum absolute atomic E-state index is 0.162. The zero-order valence-electron chi connectivity index (χ0n) is 16.0. The zero-order valence-corrected chi connectivity index (χ0v) is 16.0. The number of phenolic OH excluding ortho intramolecular Hbond substituents is 1. The number of hydrogen-bond donors (Lipinski definition) is 2. The maximum absolute atomic E-state index is 12.6. The van der Waals surface area contributed by atoms with Crippen molar-refractivity contribution in [2.75, 3.05) is 36.8 Å². The van der Waals surface area contributed by atoms with Crippen LogP contribution < -0.4 is 10.6 Å². The van der Waals surface area contributed by atoms with Crippen LogP contribution in [0.1, 0.15) is 32.1 Å². The standard InChI is InChI=1S/C21H27N5O2/c22-21-18(14-17(23-24-21)16-7-3-4-8-19(16)27)25-9-11-26(12-10-25)20(28)13-15-5-1-2-6-15/h3-4,7-8,14-15,27H,1-2,5-6,9-13H2,(H2,22,24). The lowest BCUT2D eigenvalue weighted by molar-refractivity contribution is -0.132. The normalized spacial score (nSPS) is 17.9. The molecule has 0 spiro atoms. The van der Waals surface area contributed by atoms with E-state index in [0.717, 1.165) is 5.69 Å². The topological polar surface area (TPSA) is 95.6 Å². The predicted octanol–water partition coefficient (Wildman–Crippen LogP) is 2.66. The smallest absolute Gasteiger partial charge is 0.222 e. The van der Waals surface area contributed by atoms with E-state index < -0.39 is 0 Å². The van der Waals surface area contributed by atoms with Crippen LogP contribution in [0, 0.1) is 5.92 Å². The first kappa shape index (κ1) is 18.5. The van der Waals surface area contributed by atoms with Gasteiger partial charge in [-0.3, -0.25) is 4.79 Å². The number of piperazine rings is 1. The van der Waals surface area contributed by atoms with Gasteiger partial charge in [0.25, 0.3) is 0 Å². The first-order valence-corrected chi connectivity index (χ1v) is 10.1. The van der Waals surface area contributed by atoms with Gasteiger partial charge in [-0.1, -0.05) is 25.0 Å². The van der Waals surface area contributed by atoms with Crippen LogP contribution in [0.3, 0.4) is 0 Å². The molecule has 1 aromatic carbocycles. The van der Waals surface area contributed by atoms with Crippen LogP contribution in [-0.4, -0.2) is 52.3 Å². The molecule has 3 N–H and O–H groups in total. The molecule has 2 aliphatic rings. The van der Waals surface area contributed by atoms with Gasteiger partial charge in [0.1, 0.15) is 5.75 Å². The molecule has 0 unspecified atom stereocenters. The number of nitrogens with two attached hydrogens (primary N) is 1. The summed E-state index contributed by atoms with van der Waals surface area (Å²) in [5, 5.41) is 18.3. The van der Waals surface area contributed by atoms with E-state index in [1.54, 1.807) is 18.2 Å². The summed E-state index contributed by atoms with van der Waals surface area (Å²) in [6.07, 6.45) is 5.61. The van der Waals surface area contributed by atoms with Crippen LogP contribution in [-0.2, 0) is 4.79 Å². The van der Waals surface area contributed by atoms with Crippen molar-refractivity contribution in [3.8, 4) is 17.0 Å². The second-order valence-electron chi connectivity index (χ2n) is 7.74. The Bertz CT molecular complexity index is 842. The number of rotatable bonds is 4. The van der Waals surface area contributed by atoms with Crippen LogP contribution in [0.15, 0.2) is 30.3 Å². The lowest BCUT2D eigenvalue weighted by Crippen LogP contribution is -2.49. The van der Waals surface area contributed by atoms with E-state index in [2.05, 4.69) is 15.1 Å². The van der Waals surface area contributed by atoms with Gasteiger partial charge in [0.05, 0.1) is 11.4 Å². The largest absolute Gasteiger partial charge is 0.507 e. The highest BCUT2D eigenvalue weighted by Gasteiger charge is 2.26. The molecule has 1 aliphatic heterocycles. The Hall–Kier alpha value is -2.83. The molecule has 0 bridgehead atoms. The van der Waals surface area contributed by atoms with E-state index in [-0.39, 0.29) is 11.7 Å². The zero-order chi connectivity index (χ0) is 19.5. The second-order valence-corrected chi connectivity index (χ2v) is 7.74. The third-order valence-electron chi connectivity index (χ3n) is 5.89. The van der Waals surface area contributed by atoms with Crippen molar-refractivity contribution in [1.82, 2.24) is 15.1 Å². The fourth-order valence-electron chi connectivity index (χ4n) is 4.25. The average Bonchev–Trinajstić information content (AvgIpc) is 3.22. The molecule has 148 valence electrons. The monoisotopic (exact) mass is 381 g/mol. The van der Waals surface area contributed by atoms with Crippen LogP contribution >= 0.6 is 0 Å². The number of hydrogen-bond acceptors (Lipinski definition) is 6. The molecular weight excluding hydrogens is 354 g/mol. The van der Waals surface area contributed by atoms with Gasteiger partial charge in [-0.15, -0.1) is 10.2 Å². The van der Waals surface area contributed by atoms with E-state index >= 15 is 0 Å². The van der Waals surface area contributed by atoms with Gasteiger partial charge in [-0.05, 0) is 37.0 Å². The minimum atomic E-state index is 0.162. The first-order valence-electron chi connectivity index (χ1n) is 10.1. The van der Waals surface area contributed by atoms with Crippen molar-refractivity contribution in [3.05, 3.63) is 30.3 Å². The van der Waals surface area contributed by atoms with E-state index in [1.807, 2.05) is 17.0 Å². The predicted molar refractivity (Wildman–Crippen MR) is 109 cm³/mol. The van der Waals surface area contributed by atoms with E-state index in [9.17, 15) is 9.90 Å².